The average molecular weight is 452 g/mol. The molecule has 9 heteroatoms. The summed E-state index contributed by atoms with van der Waals surface area (Å²) in [7, 11) is 0. The minimum atomic E-state index is -1.40. The zero-order valence-corrected chi connectivity index (χ0v) is 17.5. The number of hydrogen-bond acceptors (Lipinski definition) is 5. The molecule has 1 spiro atoms. The van der Waals surface area contributed by atoms with Crippen molar-refractivity contribution in [2.45, 2.75) is 24.4 Å². The summed E-state index contributed by atoms with van der Waals surface area (Å²) in [5, 5.41) is 14.9. The third kappa shape index (κ3) is 2.16. The molecule has 2 N–H and O–H groups in total. The summed E-state index contributed by atoms with van der Waals surface area (Å²) in [4.78, 5) is 54.7. The highest BCUT2D eigenvalue weighted by Gasteiger charge is 2.78. The number of anilines is 2. The van der Waals surface area contributed by atoms with E-state index < -0.39 is 35.2 Å². The van der Waals surface area contributed by atoms with E-state index in [4.69, 9.17) is 11.6 Å². The standard InChI is InChI=1S/C23H18ClN3O5/c24-11-6-8-12(9-7-11)27-19(28)16-15-5-2-10-26(15)23(17(16)20(27)29)14-4-1-3-13(21(30)31)18(14)25-22(23)32/h1,3-4,6-9,15-17H,2,5,10H2,(H,25,32)(H,30,31)/t15-,16+,17-,23-/m0/s1. The number of imide groups is 1. The molecule has 4 heterocycles. The lowest BCUT2D eigenvalue weighted by Gasteiger charge is -2.33. The highest BCUT2D eigenvalue weighted by Crippen LogP contribution is 2.52. The third-order valence-electron chi connectivity index (χ3n) is 7.56. The number of para-hydroxylation sites is 1. The molecule has 2 aromatic rings. The minimum absolute atomic E-state index is 0.127. The molecule has 0 saturated carbocycles. The first-order chi connectivity index (χ1) is 15.4. The summed E-state index contributed by atoms with van der Waals surface area (Å²) in [5.41, 5.74) is -0.437. The van der Waals surface area contributed by atoms with Crippen LogP contribution in [0.1, 0.15) is 28.8 Å². The molecule has 4 aliphatic heterocycles. The van der Waals surface area contributed by atoms with E-state index in [1.54, 1.807) is 36.4 Å². The Morgan fingerprint density at radius 3 is 2.59 bits per heavy atom. The van der Waals surface area contributed by atoms with Crippen LogP contribution in [-0.2, 0) is 19.9 Å². The first kappa shape index (κ1) is 19.5. The van der Waals surface area contributed by atoms with Crippen molar-refractivity contribution in [3.05, 3.63) is 58.6 Å². The maximum atomic E-state index is 13.8. The molecule has 3 fully saturated rings. The number of nitrogens with zero attached hydrogens (tertiary/aromatic N) is 1. The van der Waals surface area contributed by atoms with Crippen LogP contribution in [0.3, 0.4) is 0 Å². The Bertz CT molecular complexity index is 1230. The van der Waals surface area contributed by atoms with Gasteiger partial charge in [-0.1, -0.05) is 29.8 Å². The molecule has 3 amide bonds. The molecule has 162 valence electrons. The van der Waals surface area contributed by atoms with Crippen LogP contribution < -0.4 is 20.2 Å². The number of halogens is 1. The van der Waals surface area contributed by atoms with E-state index in [2.05, 4.69) is 5.32 Å². The molecule has 8 nitrogen and oxygen atoms in total. The molecule has 4 aliphatic rings. The number of aromatic carboxylic acids is 1. The number of carboxylic acid groups (broad SMARTS) is 1. The first-order valence-electron chi connectivity index (χ1n) is 10.5. The second-order valence-electron chi connectivity index (χ2n) is 8.79. The minimum Gasteiger partial charge on any atom is -0.545 e. The van der Waals surface area contributed by atoms with Crippen molar-refractivity contribution in [3.8, 4) is 0 Å². The Balaban J connectivity index is 1.56. The lowest BCUT2D eigenvalue weighted by Crippen LogP contribution is -3.19. The number of rotatable bonds is 2. The van der Waals surface area contributed by atoms with Crippen molar-refractivity contribution in [2.75, 3.05) is 16.8 Å². The number of amides is 3. The summed E-state index contributed by atoms with van der Waals surface area (Å²) in [6.07, 6.45) is 1.53. The monoisotopic (exact) mass is 451 g/mol. The number of nitrogens with one attached hydrogen (secondary N) is 2. The van der Waals surface area contributed by atoms with Gasteiger partial charge in [-0.05, 0) is 24.3 Å². The van der Waals surface area contributed by atoms with Gasteiger partial charge in [-0.25, -0.2) is 4.90 Å². The van der Waals surface area contributed by atoms with Gasteiger partial charge in [0.2, 0.25) is 17.4 Å². The van der Waals surface area contributed by atoms with Crippen molar-refractivity contribution in [1.29, 1.82) is 0 Å². The lowest BCUT2D eigenvalue weighted by molar-refractivity contribution is -0.948. The predicted molar refractivity (Wildman–Crippen MR) is 111 cm³/mol. The maximum Gasteiger partial charge on any atom is 0.291 e. The second kappa shape index (κ2) is 6.40. The van der Waals surface area contributed by atoms with E-state index >= 15 is 0 Å². The fourth-order valence-corrected chi connectivity index (χ4v) is 6.63. The molecule has 32 heavy (non-hydrogen) atoms. The van der Waals surface area contributed by atoms with Crippen molar-refractivity contribution >= 4 is 46.7 Å². The molecule has 0 aromatic heterocycles. The van der Waals surface area contributed by atoms with Crippen LogP contribution in [0.15, 0.2) is 42.5 Å². The van der Waals surface area contributed by atoms with Crippen molar-refractivity contribution in [2.24, 2.45) is 11.8 Å². The van der Waals surface area contributed by atoms with Crippen LogP contribution in [0.2, 0.25) is 5.02 Å². The Morgan fingerprint density at radius 2 is 1.88 bits per heavy atom. The SMILES string of the molecule is O=C([O-])c1cccc2c1NC(=O)[C@@]21[C@@H]2C(=O)N(c3ccc(Cl)cc3)C(=O)[C@@H]2[C@@H]2CCC[NH+]21. The second-order valence-corrected chi connectivity index (χ2v) is 9.23. The van der Waals surface area contributed by atoms with E-state index in [1.165, 1.54) is 6.07 Å². The lowest BCUT2D eigenvalue weighted by atomic mass is 9.75. The van der Waals surface area contributed by atoms with Crippen molar-refractivity contribution < 1.29 is 29.2 Å². The molecule has 0 radical (unpaired) electrons. The summed E-state index contributed by atoms with van der Waals surface area (Å²) in [6.45, 7) is 0.627. The van der Waals surface area contributed by atoms with Gasteiger partial charge in [0.05, 0.1) is 23.9 Å². The van der Waals surface area contributed by atoms with Crippen molar-refractivity contribution in [1.82, 2.24) is 0 Å². The van der Waals surface area contributed by atoms with E-state index in [0.29, 0.717) is 29.2 Å². The van der Waals surface area contributed by atoms with Crippen LogP contribution in [0.4, 0.5) is 11.4 Å². The zero-order valence-electron chi connectivity index (χ0n) is 16.8. The van der Waals surface area contributed by atoms with Gasteiger partial charge in [0, 0.05) is 29.0 Å². The molecule has 0 aliphatic carbocycles. The smallest absolute Gasteiger partial charge is 0.291 e. The number of quaternary nitrogens is 1. The van der Waals surface area contributed by atoms with Gasteiger partial charge in [0.1, 0.15) is 17.9 Å². The van der Waals surface area contributed by atoms with Crippen LogP contribution in [0, 0.1) is 11.8 Å². The van der Waals surface area contributed by atoms with Gasteiger partial charge in [-0.3, -0.25) is 14.4 Å². The zero-order chi connectivity index (χ0) is 22.4. The quantitative estimate of drug-likeness (QED) is 0.610. The fourth-order valence-electron chi connectivity index (χ4n) is 6.50. The summed E-state index contributed by atoms with van der Waals surface area (Å²) < 4.78 is 0. The predicted octanol–water partition coefficient (Wildman–Crippen LogP) is -0.282. The molecule has 1 unspecified atom stereocenters. The number of fused-ring (bicyclic) bond motifs is 7. The van der Waals surface area contributed by atoms with E-state index in [0.717, 1.165) is 16.2 Å². The Kier molecular flexibility index (Phi) is 3.89. The fraction of sp³-hybridized carbons (Fsp3) is 0.304. The van der Waals surface area contributed by atoms with Gasteiger partial charge in [0.25, 0.3) is 5.91 Å². The molecule has 2 aromatic carbocycles. The Morgan fingerprint density at radius 1 is 1.12 bits per heavy atom. The molecule has 0 bridgehead atoms. The van der Waals surface area contributed by atoms with Gasteiger partial charge < -0.3 is 20.1 Å². The van der Waals surface area contributed by atoms with Gasteiger partial charge >= 0.3 is 0 Å². The number of hydrogen-bond donors (Lipinski definition) is 2. The molecule has 3 saturated heterocycles. The highest BCUT2D eigenvalue weighted by molar-refractivity contribution is 6.31. The Labute approximate surface area is 187 Å². The maximum absolute atomic E-state index is 13.8. The largest absolute Gasteiger partial charge is 0.545 e. The summed E-state index contributed by atoms with van der Waals surface area (Å²) >= 11 is 5.98. The van der Waals surface area contributed by atoms with Crippen LogP contribution in [-0.4, -0.2) is 36.3 Å². The number of carbonyl (C=O) groups excluding carboxylic acids is 4. The van der Waals surface area contributed by atoms with Crippen LogP contribution >= 0.6 is 11.6 Å². The van der Waals surface area contributed by atoms with E-state index in [9.17, 15) is 24.3 Å². The van der Waals surface area contributed by atoms with E-state index in [-0.39, 0.29) is 23.2 Å². The normalized spacial score (nSPS) is 32.3. The van der Waals surface area contributed by atoms with Crippen LogP contribution in [0.5, 0.6) is 0 Å². The molecular weight excluding hydrogens is 434 g/mol. The molecular formula is C23H18ClN3O5. The number of carboxylic acids is 1. The first-order valence-corrected chi connectivity index (χ1v) is 10.9. The molecule has 5 atom stereocenters. The van der Waals surface area contributed by atoms with Gasteiger partial charge in [-0.2, -0.15) is 0 Å². The van der Waals surface area contributed by atoms with Crippen LogP contribution in [0.25, 0.3) is 0 Å². The summed E-state index contributed by atoms with van der Waals surface area (Å²) in [6, 6.07) is 10.9. The third-order valence-corrected chi connectivity index (χ3v) is 7.81. The number of carbonyl (C=O) groups is 4. The van der Waals surface area contributed by atoms with Crippen molar-refractivity contribution in [3.63, 3.8) is 0 Å². The Hall–Kier alpha value is -3.23. The van der Waals surface area contributed by atoms with Gasteiger partial charge in [0.15, 0.2) is 0 Å². The molecule has 6 rings (SSSR count). The topological polar surface area (TPSA) is 111 Å². The summed E-state index contributed by atoms with van der Waals surface area (Å²) in [5.74, 6) is -4.16. The van der Waals surface area contributed by atoms with E-state index in [1.807, 2.05) is 0 Å². The highest BCUT2D eigenvalue weighted by atomic mass is 35.5. The average Bonchev–Trinajstić information content (AvgIpc) is 3.47. The van der Waals surface area contributed by atoms with Gasteiger partial charge in [-0.15, -0.1) is 0 Å². The number of benzene rings is 2.